The van der Waals surface area contributed by atoms with Crippen molar-refractivity contribution in [3.8, 4) is 0 Å². The van der Waals surface area contributed by atoms with Gasteiger partial charge in [0.1, 0.15) is 5.82 Å². The molecule has 0 saturated carbocycles. The van der Waals surface area contributed by atoms with Crippen molar-refractivity contribution >= 4 is 40.5 Å². The zero-order valence-corrected chi connectivity index (χ0v) is 13.7. The second-order valence-corrected chi connectivity index (χ2v) is 5.30. The predicted octanol–water partition coefficient (Wildman–Crippen LogP) is 3.30. The van der Waals surface area contributed by atoms with Crippen LogP contribution in [0.25, 0.3) is 0 Å². The van der Waals surface area contributed by atoms with Crippen molar-refractivity contribution in [3.05, 3.63) is 59.9 Å². The lowest BCUT2D eigenvalue weighted by Gasteiger charge is -2.10. The van der Waals surface area contributed by atoms with Crippen LogP contribution in [0.1, 0.15) is 23.7 Å². The molecule has 0 fully saturated rings. The highest BCUT2D eigenvalue weighted by Crippen LogP contribution is 2.15. The van der Waals surface area contributed by atoms with E-state index in [0.29, 0.717) is 23.4 Å². The monoisotopic (exact) mass is 345 g/mol. The number of nitrogens with one attached hydrogen (secondary N) is 3. The van der Waals surface area contributed by atoms with Gasteiger partial charge in [0.15, 0.2) is 5.11 Å². The smallest absolute Gasteiger partial charge is 0.255 e. The van der Waals surface area contributed by atoms with Gasteiger partial charge >= 0.3 is 0 Å². The van der Waals surface area contributed by atoms with E-state index in [0.717, 1.165) is 0 Å². The van der Waals surface area contributed by atoms with Crippen molar-refractivity contribution in [1.29, 1.82) is 0 Å². The van der Waals surface area contributed by atoms with Crippen LogP contribution in [0.4, 0.5) is 15.8 Å². The number of carbonyl (C=O) groups excluding carboxylic acids is 2. The van der Waals surface area contributed by atoms with Gasteiger partial charge in [-0.2, -0.15) is 0 Å². The molecule has 2 aromatic carbocycles. The molecule has 0 spiro atoms. The third-order valence-corrected chi connectivity index (χ3v) is 3.29. The Hall–Kier alpha value is -2.80. The molecule has 2 amide bonds. The van der Waals surface area contributed by atoms with Crippen LogP contribution in [0, 0.1) is 5.82 Å². The minimum atomic E-state index is -0.395. The zero-order valence-electron chi connectivity index (χ0n) is 12.9. The zero-order chi connectivity index (χ0) is 17.5. The Balaban J connectivity index is 1.94. The lowest BCUT2D eigenvalue weighted by Crippen LogP contribution is -2.33. The molecule has 0 atom stereocenters. The summed E-state index contributed by atoms with van der Waals surface area (Å²) in [4.78, 5) is 23.3. The van der Waals surface area contributed by atoms with Crippen molar-refractivity contribution in [2.75, 3.05) is 10.6 Å². The molecule has 3 N–H and O–H groups in total. The third-order valence-electron chi connectivity index (χ3n) is 3.08. The van der Waals surface area contributed by atoms with Gasteiger partial charge in [0, 0.05) is 23.4 Å². The fourth-order valence-corrected chi connectivity index (χ4v) is 2.05. The molecular weight excluding hydrogens is 329 g/mol. The number of benzene rings is 2. The molecule has 0 aromatic heterocycles. The van der Waals surface area contributed by atoms with E-state index in [9.17, 15) is 14.0 Å². The van der Waals surface area contributed by atoms with E-state index in [1.165, 1.54) is 24.3 Å². The highest BCUT2D eigenvalue weighted by Gasteiger charge is 2.07. The van der Waals surface area contributed by atoms with Crippen LogP contribution < -0.4 is 16.0 Å². The van der Waals surface area contributed by atoms with E-state index >= 15 is 0 Å². The van der Waals surface area contributed by atoms with Gasteiger partial charge in [-0.3, -0.25) is 9.59 Å². The first-order valence-electron chi connectivity index (χ1n) is 7.25. The molecule has 0 heterocycles. The second kappa shape index (κ2) is 8.16. The normalized spacial score (nSPS) is 9.92. The van der Waals surface area contributed by atoms with E-state index in [1.807, 2.05) is 0 Å². The van der Waals surface area contributed by atoms with Gasteiger partial charge in [-0.25, -0.2) is 4.39 Å². The summed E-state index contributed by atoms with van der Waals surface area (Å²) in [6.45, 7) is 1.73. The van der Waals surface area contributed by atoms with Crippen molar-refractivity contribution in [2.45, 2.75) is 13.3 Å². The molecule has 0 saturated heterocycles. The minimum Gasteiger partial charge on any atom is -0.332 e. The summed E-state index contributed by atoms with van der Waals surface area (Å²) in [5.41, 5.74) is 1.62. The Bertz CT molecular complexity index is 745. The molecule has 7 heteroatoms. The van der Waals surface area contributed by atoms with E-state index in [1.54, 1.807) is 31.2 Å². The van der Waals surface area contributed by atoms with Gasteiger partial charge in [-0.15, -0.1) is 0 Å². The molecule has 5 nitrogen and oxygen atoms in total. The Labute approximate surface area is 144 Å². The van der Waals surface area contributed by atoms with Gasteiger partial charge in [0.25, 0.3) is 5.91 Å². The largest absolute Gasteiger partial charge is 0.332 e. The van der Waals surface area contributed by atoms with Crippen LogP contribution in [0.3, 0.4) is 0 Å². The standard InChI is InChI=1S/C17H16FN3O2S/c1-2-15(22)21-17(24)20-14-9-7-13(8-10-14)19-16(23)11-3-5-12(18)6-4-11/h3-10H,2H2,1H3,(H,19,23)(H2,20,21,22,24). The molecule has 0 aliphatic rings. The fourth-order valence-electron chi connectivity index (χ4n) is 1.82. The second-order valence-electron chi connectivity index (χ2n) is 4.89. The van der Waals surface area contributed by atoms with Gasteiger partial charge < -0.3 is 16.0 Å². The van der Waals surface area contributed by atoms with Crippen LogP contribution in [0.15, 0.2) is 48.5 Å². The minimum absolute atomic E-state index is 0.171. The third kappa shape index (κ3) is 5.13. The summed E-state index contributed by atoms with van der Waals surface area (Å²) in [7, 11) is 0. The summed E-state index contributed by atoms with van der Waals surface area (Å²) in [6, 6.07) is 12.1. The van der Waals surface area contributed by atoms with E-state index in [2.05, 4.69) is 16.0 Å². The summed E-state index contributed by atoms with van der Waals surface area (Å²) >= 11 is 5.01. The highest BCUT2D eigenvalue weighted by atomic mass is 32.1. The number of hydrogen-bond donors (Lipinski definition) is 3. The summed E-state index contributed by atoms with van der Waals surface area (Å²) in [5, 5.41) is 8.32. The quantitative estimate of drug-likeness (QED) is 0.744. The maximum Gasteiger partial charge on any atom is 0.255 e. The molecule has 0 bridgehead atoms. The van der Waals surface area contributed by atoms with E-state index < -0.39 is 5.82 Å². The maximum absolute atomic E-state index is 12.9. The first kappa shape index (κ1) is 17.6. The van der Waals surface area contributed by atoms with E-state index in [-0.39, 0.29) is 16.9 Å². The Morgan fingerprint density at radius 3 is 2.04 bits per heavy atom. The average Bonchev–Trinajstić information content (AvgIpc) is 2.57. The maximum atomic E-state index is 12.9. The van der Waals surface area contributed by atoms with Gasteiger partial charge in [-0.05, 0) is 60.7 Å². The molecule has 2 aromatic rings. The number of amides is 2. The molecule has 0 aliphatic carbocycles. The lowest BCUT2D eigenvalue weighted by molar-refractivity contribution is -0.119. The molecule has 0 aliphatic heterocycles. The molecule has 124 valence electrons. The van der Waals surface area contributed by atoms with Gasteiger partial charge in [0.2, 0.25) is 5.91 Å². The number of halogens is 1. The Kier molecular flexibility index (Phi) is 5.97. The highest BCUT2D eigenvalue weighted by molar-refractivity contribution is 7.80. The average molecular weight is 345 g/mol. The summed E-state index contributed by atoms with van der Waals surface area (Å²) in [6.07, 6.45) is 0.343. The number of anilines is 2. The SMILES string of the molecule is CCC(=O)NC(=S)Nc1ccc(NC(=O)c2ccc(F)cc2)cc1. The fraction of sp³-hybridized carbons (Fsp3) is 0.118. The summed E-state index contributed by atoms with van der Waals surface area (Å²) in [5.74, 6) is -0.898. The number of rotatable bonds is 4. The lowest BCUT2D eigenvalue weighted by atomic mass is 10.2. The Morgan fingerprint density at radius 2 is 1.50 bits per heavy atom. The van der Waals surface area contributed by atoms with Crippen molar-refractivity contribution in [2.24, 2.45) is 0 Å². The van der Waals surface area contributed by atoms with Crippen molar-refractivity contribution in [3.63, 3.8) is 0 Å². The van der Waals surface area contributed by atoms with Crippen molar-refractivity contribution < 1.29 is 14.0 Å². The molecular formula is C17H16FN3O2S. The van der Waals surface area contributed by atoms with Crippen LogP contribution in [-0.2, 0) is 4.79 Å². The number of hydrogen-bond acceptors (Lipinski definition) is 3. The first-order valence-corrected chi connectivity index (χ1v) is 7.66. The topological polar surface area (TPSA) is 70.2 Å². The van der Waals surface area contributed by atoms with Crippen LogP contribution in [0.5, 0.6) is 0 Å². The first-order chi connectivity index (χ1) is 11.5. The number of thiocarbonyl (C=S) groups is 1. The molecule has 2 rings (SSSR count). The predicted molar refractivity (Wildman–Crippen MR) is 95.4 cm³/mol. The molecule has 0 unspecified atom stereocenters. The van der Waals surface area contributed by atoms with Crippen molar-refractivity contribution in [1.82, 2.24) is 5.32 Å². The van der Waals surface area contributed by atoms with Crippen LogP contribution in [-0.4, -0.2) is 16.9 Å². The van der Waals surface area contributed by atoms with E-state index in [4.69, 9.17) is 12.2 Å². The van der Waals surface area contributed by atoms with Gasteiger partial charge in [-0.1, -0.05) is 6.92 Å². The number of carbonyl (C=O) groups is 2. The molecule has 24 heavy (non-hydrogen) atoms. The van der Waals surface area contributed by atoms with Gasteiger partial charge in [0.05, 0.1) is 0 Å². The summed E-state index contributed by atoms with van der Waals surface area (Å²) < 4.78 is 12.9. The molecule has 0 radical (unpaired) electrons. The van der Waals surface area contributed by atoms with Crippen LogP contribution >= 0.6 is 12.2 Å². The van der Waals surface area contributed by atoms with Crippen LogP contribution in [0.2, 0.25) is 0 Å². The Morgan fingerprint density at radius 1 is 0.958 bits per heavy atom.